The molecule has 0 amide bonds. The van der Waals surface area contributed by atoms with E-state index in [1.54, 1.807) is 18.4 Å². The summed E-state index contributed by atoms with van der Waals surface area (Å²) in [5.74, 6) is 1.16. The lowest BCUT2D eigenvalue weighted by atomic mass is 10.1. The Hall–Kier alpha value is -1.30. The molecular formula is C14H17ClN2O2S. The van der Waals surface area contributed by atoms with Crippen molar-refractivity contribution in [2.24, 2.45) is 5.73 Å². The summed E-state index contributed by atoms with van der Waals surface area (Å²) in [5.41, 5.74) is 7.58. The molecule has 0 aliphatic rings. The van der Waals surface area contributed by atoms with E-state index >= 15 is 0 Å². The second-order valence-electron chi connectivity index (χ2n) is 4.32. The maximum atomic E-state index is 6.26. The highest BCUT2D eigenvalue weighted by molar-refractivity contribution is 7.09. The van der Waals surface area contributed by atoms with Crippen LogP contribution in [0.4, 0.5) is 0 Å². The number of aromatic nitrogens is 1. The molecule has 4 nitrogen and oxygen atoms in total. The number of rotatable bonds is 6. The Labute approximate surface area is 127 Å². The van der Waals surface area contributed by atoms with Crippen molar-refractivity contribution in [2.75, 3.05) is 13.7 Å². The van der Waals surface area contributed by atoms with Gasteiger partial charge < -0.3 is 15.2 Å². The van der Waals surface area contributed by atoms with Crippen LogP contribution in [0.2, 0.25) is 5.02 Å². The Kier molecular flexibility index (Phi) is 5.23. The molecule has 0 atom stereocenters. The molecule has 2 N–H and O–H groups in total. The summed E-state index contributed by atoms with van der Waals surface area (Å²) in [5, 5.41) is 3.43. The summed E-state index contributed by atoms with van der Waals surface area (Å²) < 4.78 is 11.1. The molecule has 20 heavy (non-hydrogen) atoms. The van der Waals surface area contributed by atoms with Crippen LogP contribution in [-0.2, 0) is 13.0 Å². The minimum atomic E-state index is 0.380. The number of nitrogens with two attached hydrogens (primary N) is 1. The predicted octanol–water partition coefficient (Wildman–Crippen LogP) is 3.19. The van der Waals surface area contributed by atoms with E-state index in [1.165, 1.54) is 0 Å². The van der Waals surface area contributed by atoms with Crippen molar-refractivity contribution in [1.29, 1.82) is 0 Å². The molecule has 6 heteroatoms. The van der Waals surface area contributed by atoms with Gasteiger partial charge in [-0.2, -0.15) is 0 Å². The van der Waals surface area contributed by atoms with Gasteiger partial charge in [0.15, 0.2) is 11.5 Å². The first-order valence-corrected chi connectivity index (χ1v) is 7.50. The average molecular weight is 313 g/mol. The summed E-state index contributed by atoms with van der Waals surface area (Å²) in [4.78, 5) is 4.35. The van der Waals surface area contributed by atoms with Gasteiger partial charge in [0.05, 0.1) is 12.1 Å². The van der Waals surface area contributed by atoms with Crippen LogP contribution < -0.4 is 15.2 Å². The van der Waals surface area contributed by atoms with E-state index in [-0.39, 0.29) is 0 Å². The zero-order chi connectivity index (χ0) is 14.5. The normalized spacial score (nSPS) is 10.6. The lowest BCUT2D eigenvalue weighted by Gasteiger charge is -2.13. The van der Waals surface area contributed by atoms with Crippen LogP contribution in [0, 0.1) is 6.92 Å². The summed E-state index contributed by atoms with van der Waals surface area (Å²) in [6.45, 7) is 2.90. The van der Waals surface area contributed by atoms with Crippen LogP contribution in [-0.4, -0.2) is 18.6 Å². The first-order valence-electron chi connectivity index (χ1n) is 6.24. The van der Waals surface area contributed by atoms with E-state index in [9.17, 15) is 0 Å². The summed E-state index contributed by atoms with van der Waals surface area (Å²) in [7, 11) is 1.60. The van der Waals surface area contributed by atoms with Crippen LogP contribution >= 0.6 is 22.9 Å². The fourth-order valence-electron chi connectivity index (χ4n) is 1.83. The average Bonchev–Trinajstić information content (AvgIpc) is 2.83. The molecule has 2 rings (SSSR count). The molecule has 0 unspecified atom stereocenters. The number of hydrogen-bond donors (Lipinski definition) is 1. The number of thiazole rings is 1. The first kappa shape index (κ1) is 15.1. The molecule has 0 aliphatic heterocycles. The zero-order valence-electron chi connectivity index (χ0n) is 11.5. The maximum Gasteiger partial charge on any atom is 0.180 e. The second kappa shape index (κ2) is 6.92. The fourth-order valence-corrected chi connectivity index (χ4v) is 2.80. The van der Waals surface area contributed by atoms with E-state index in [0.717, 1.165) is 22.7 Å². The van der Waals surface area contributed by atoms with Crippen LogP contribution in [0.15, 0.2) is 17.5 Å². The van der Waals surface area contributed by atoms with E-state index < -0.39 is 0 Å². The quantitative estimate of drug-likeness (QED) is 0.890. The van der Waals surface area contributed by atoms with Gasteiger partial charge in [-0.25, -0.2) is 4.98 Å². The summed E-state index contributed by atoms with van der Waals surface area (Å²) in [6, 6.07) is 3.76. The molecule has 1 aromatic heterocycles. The number of nitrogens with zero attached hydrogens (tertiary/aromatic N) is 1. The van der Waals surface area contributed by atoms with Gasteiger partial charge in [0.25, 0.3) is 0 Å². The molecule has 0 radical (unpaired) electrons. The molecule has 108 valence electrons. The lowest BCUT2D eigenvalue weighted by molar-refractivity contribution is 0.284. The minimum absolute atomic E-state index is 0.380. The molecule has 0 saturated heterocycles. The molecule has 1 aromatic carbocycles. The molecule has 0 fully saturated rings. The molecule has 1 heterocycles. The number of ether oxygens (including phenoxy) is 2. The van der Waals surface area contributed by atoms with E-state index in [0.29, 0.717) is 29.7 Å². The van der Waals surface area contributed by atoms with Crippen LogP contribution in [0.3, 0.4) is 0 Å². The number of benzene rings is 1. The van der Waals surface area contributed by atoms with Gasteiger partial charge >= 0.3 is 0 Å². The monoisotopic (exact) mass is 312 g/mol. The van der Waals surface area contributed by atoms with Crippen molar-refractivity contribution in [3.05, 3.63) is 38.8 Å². The van der Waals surface area contributed by atoms with Crippen molar-refractivity contribution < 1.29 is 9.47 Å². The van der Waals surface area contributed by atoms with Gasteiger partial charge in [-0.1, -0.05) is 11.6 Å². The Morgan fingerprint density at radius 2 is 2.20 bits per heavy atom. The minimum Gasteiger partial charge on any atom is -0.493 e. The highest BCUT2D eigenvalue weighted by Gasteiger charge is 2.13. The van der Waals surface area contributed by atoms with Gasteiger partial charge in [-0.15, -0.1) is 11.3 Å². The van der Waals surface area contributed by atoms with E-state index in [1.807, 2.05) is 24.4 Å². The van der Waals surface area contributed by atoms with E-state index in [2.05, 4.69) is 4.98 Å². The van der Waals surface area contributed by atoms with Gasteiger partial charge in [-0.3, -0.25) is 0 Å². The predicted molar refractivity (Wildman–Crippen MR) is 81.9 cm³/mol. The highest BCUT2D eigenvalue weighted by Crippen LogP contribution is 2.37. The Morgan fingerprint density at radius 3 is 2.80 bits per heavy atom. The van der Waals surface area contributed by atoms with Crippen molar-refractivity contribution in [3.8, 4) is 11.5 Å². The fraction of sp³-hybridized carbons (Fsp3) is 0.357. The molecule has 0 spiro atoms. The maximum absolute atomic E-state index is 6.26. The van der Waals surface area contributed by atoms with Crippen molar-refractivity contribution in [3.63, 3.8) is 0 Å². The van der Waals surface area contributed by atoms with Crippen molar-refractivity contribution >= 4 is 22.9 Å². The number of halogens is 1. The molecule has 2 aromatic rings. The zero-order valence-corrected chi connectivity index (χ0v) is 13.1. The Morgan fingerprint density at radius 1 is 1.40 bits per heavy atom. The molecule has 0 bridgehead atoms. The second-order valence-corrected chi connectivity index (χ2v) is 5.67. The topological polar surface area (TPSA) is 57.4 Å². The molecule has 0 saturated carbocycles. The van der Waals surface area contributed by atoms with Gasteiger partial charge in [-0.05, 0) is 37.6 Å². The van der Waals surface area contributed by atoms with Crippen LogP contribution in [0.1, 0.15) is 16.3 Å². The number of aryl methyl sites for hydroxylation is 1. The Bertz CT molecular complexity index is 587. The van der Waals surface area contributed by atoms with Gasteiger partial charge in [0.2, 0.25) is 0 Å². The van der Waals surface area contributed by atoms with Crippen LogP contribution in [0.5, 0.6) is 11.5 Å². The van der Waals surface area contributed by atoms with Crippen LogP contribution in [0.25, 0.3) is 0 Å². The molecular weight excluding hydrogens is 296 g/mol. The number of hydrogen-bond acceptors (Lipinski definition) is 5. The summed E-state index contributed by atoms with van der Waals surface area (Å²) >= 11 is 7.82. The standard InChI is InChI=1S/C14H17ClN2O2S/c1-9-8-20-13(17-9)7-19-14-11(15)5-10(3-4-16)6-12(14)18-2/h5-6,8H,3-4,7,16H2,1-2H3. The number of methoxy groups -OCH3 is 1. The van der Waals surface area contributed by atoms with E-state index in [4.69, 9.17) is 26.8 Å². The lowest BCUT2D eigenvalue weighted by Crippen LogP contribution is -2.04. The largest absolute Gasteiger partial charge is 0.493 e. The van der Waals surface area contributed by atoms with Crippen molar-refractivity contribution in [2.45, 2.75) is 20.0 Å². The van der Waals surface area contributed by atoms with Gasteiger partial charge in [0.1, 0.15) is 11.6 Å². The smallest absolute Gasteiger partial charge is 0.180 e. The third-order valence-corrected chi connectivity index (χ3v) is 3.95. The SMILES string of the molecule is COc1cc(CCN)cc(Cl)c1OCc1nc(C)cs1. The highest BCUT2D eigenvalue weighted by atomic mass is 35.5. The van der Waals surface area contributed by atoms with Gasteiger partial charge in [0, 0.05) is 11.1 Å². The Balaban J connectivity index is 2.17. The first-order chi connectivity index (χ1) is 9.63. The third-order valence-electron chi connectivity index (χ3n) is 2.73. The molecule has 0 aliphatic carbocycles. The summed E-state index contributed by atoms with van der Waals surface area (Å²) in [6.07, 6.45) is 0.752. The third kappa shape index (κ3) is 3.62. The van der Waals surface area contributed by atoms with Crippen molar-refractivity contribution in [1.82, 2.24) is 4.98 Å².